The highest BCUT2D eigenvalue weighted by molar-refractivity contribution is 9.10. The maximum Gasteiger partial charge on any atom is 0.119 e. The second-order valence-corrected chi connectivity index (χ2v) is 5.86. The molecule has 0 saturated carbocycles. The number of benzene rings is 1. The molecule has 0 aliphatic heterocycles. The summed E-state index contributed by atoms with van der Waals surface area (Å²) in [7, 11) is 1.62. The lowest BCUT2D eigenvalue weighted by Crippen LogP contribution is -2.13. The van der Waals surface area contributed by atoms with Crippen molar-refractivity contribution in [2.24, 2.45) is 0 Å². The van der Waals surface area contributed by atoms with Gasteiger partial charge in [0, 0.05) is 0 Å². The molecule has 1 aromatic heterocycles. The predicted molar refractivity (Wildman–Crippen MR) is 82.0 cm³/mol. The summed E-state index contributed by atoms with van der Waals surface area (Å²) in [5.41, 5.74) is 1.91. The molecule has 1 heterocycles. The Morgan fingerprint density at radius 3 is 2.80 bits per heavy atom. The largest absolute Gasteiger partial charge is 0.497 e. The van der Waals surface area contributed by atoms with Crippen LogP contribution in [-0.4, -0.2) is 22.0 Å². The first kappa shape index (κ1) is 15.1. The summed E-state index contributed by atoms with van der Waals surface area (Å²) >= 11 is 3.50. The van der Waals surface area contributed by atoms with E-state index in [9.17, 15) is 5.11 Å². The van der Waals surface area contributed by atoms with Crippen molar-refractivity contribution in [3.8, 4) is 5.75 Å². The smallest absolute Gasteiger partial charge is 0.119 e. The third kappa shape index (κ3) is 3.22. The first-order valence-electron chi connectivity index (χ1n) is 6.56. The topological polar surface area (TPSA) is 47.3 Å². The zero-order valence-electron chi connectivity index (χ0n) is 11.9. The Balaban J connectivity index is 2.21. The van der Waals surface area contributed by atoms with E-state index < -0.39 is 6.10 Å². The van der Waals surface area contributed by atoms with Crippen LogP contribution in [0.4, 0.5) is 0 Å². The molecule has 0 amide bonds. The second kappa shape index (κ2) is 6.41. The summed E-state index contributed by atoms with van der Waals surface area (Å²) in [4.78, 5) is 0. The van der Waals surface area contributed by atoms with Gasteiger partial charge in [-0.2, -0.15) is 5.10 Å². The molecule has 2 rings (SSSR count). The Bertz CT molecular complexity index is 581. The van der Waals surface area contributed by atoms with E-state index in [4.69, 9.17) is 4.74 Å². The second-order valence-electron chi connectivity index (χ2n) is 5.01. The predicted octanol–water partition coefficient (Wildman–Crippen LogP) is 3.51. The summed E-state index contributed by atoms with van der Waals surface area (Å²) in [6, 6.07) is 7.47. The van der Waals surface area contributed by atoms with Crippen molar-refractivity contribution in [2.75, 3.05) is 7.11 Å². The normalized spacial score (nSPS) is 12.7. The summed E-state index contributed by atoms with van der Waals surface area (Å²) in [6.45, 7) is 4.64. The van der Waals surface area contributed by atoms with Crippen LogP contribution in [0.2, 0.25) is 0 Å². The van der Waals surface area contributed by atoms with Crippen molar-refractivity contribution in [1.82, 2.24) is 9.78 Å². The molecular weight excluding hydrogens is 320 g/mol. The van der Waals surface area contributed by atoms with Gasteiger partial charge in [0.2, 0.25) is 0 Å². The van der Waals surface area contributed by atoms with Crippen LogP contribution in [0.5, 0.6) is 5.75 Å². The van der Waals surface area contributed by atoms with E-state index in [2.05, 4.69) is 34.9 Å². The Morgan fingerprint density at radius 1 is 1.40 bits per heavy atom. The summed E-state index contributed by atoms with van der Waals surface area (Å²) < 4.78 is 8.00. The SMILES string of the molecule is COc1cccc(C(O)Cn2ncc(Br)c2C(C)C)c1. The number of hydrogen-bond acceptors (Lipinski definition) is 3. The lowest BCUT2D eigenvalue weighted by Gasteiger charge is -2.16. The molecule has 0 aliphatic rings. The van der Waals surface area contributed by atoms with Gasteiger partial charge >= 0.3 is 0 Å². The number of rotatable bonds is 5. The number of methoxy groups -OCH3 is 1. The zero-order valence-corrected chi connectivity index (χ0v) is 13.5. The number of ether oxygens (including phenoxy) is 1. The molecule has 0 radical (unpaired) electrons. The van der Waals surface area contributed by atoms with Gasteiger partial charge in [-0.15, -0.1) is 0 Å². The Kier molecular flexibility index (Phi) is 4.83. The van der Waals surface area contributed by atoms with E-state index in [-0.39, 0.29) is 0 Å². The summed E-state index contributed by atoms with van der Waals surface area (Å²) in [6.07, 6.45) is 1.16. The van der Waals surface area contributed by atoms with Crippen molar-refractivity contribution in [3.05, 3.63) is 46.2 Å². The molecule has 1 N–H and O–H groups in total. The van der Waals surface area contributed by atoms with Crippen LogP contribution in [0.25, 0.3) is 0 Å². The maximum atomic E-state index is 10.4. The lowest BCUT2D eigenvalue weighted by molar-refractivity contribution is 0.149. The van der Waals surface area contributed by atoms with Gasteiger partial charge in [0.25, 0.3) is 0 Å². The van der Waals surface area contributed by atoms with Crippen molar-refractivity contribution < 1.29 is 9.84 Å². The highest BCUT2D eigenvalue weighted by Crippen LogP contribution is 2.27. The number of aliphatic hydroxyl groups excluding tert-OH is 1. The molecule has 5 heteroatoms. The fourth-order valence-electron chi connectivity index (χ4n) is 2.21. The molecular formula is C15H19BrN2O2. The molecule has 0 fully saturated rings. The molecule has 0 bridgehead atoms. The third-order valence-corrected chi connectivity index (χ3v) is 3.82. The molecule has 2 aromatic rings. The molecule has 4 nitrogen and oxygen atoms in total. The fraction of sp³-hybridized carbons (Fsp3) is 0.400. The van der Waals surface area contributed by atoms with Crippen LogP contribution >= 0.6 is 15.9 Å². The monoisotopic (exact) mass is 338 g/mol. The van der Waals surface area contributed by atoms with Crippen LogP contribution in [-0.2, 0) is 6.54 Å². The minimum Gasteiger partial charge on any atom is -0.497 e. The third-order valence-electron chi connectivity index (χ3n) is 3.20. The van der Waals surface area contributed by atoms with E-state index in [1.165, 1.54) is 0 Å². The van der Waals surface area contributed by atoms with Crippen LogP contribution < -0.4 is 4.74 Å². The first-order chi connectivity index (χ1) is 9.52. The van der Waals surface area contributed by atoms with Gasteiger partial charge in [0.1, 0.15) is 5.75 Å². The average molecular weight is 339 g/mol. The maximum absolute atomic E-state index is 10.4. The number of aliphatic hydroxyl groups is 1. The van der Waals surface area contributed by atoms with Gasteiger partial charge in [-0.1, -0.05) is 26.0 Å². The summed E-state index contributed by atoms with van der Waals surface area (Å²) in [5.74, 6) is 1.08. The molecule has 108 valence electrons. The van der Waals surface area contributed by atoms with Gasteiger partial charge in [0.15, 0.2) is 0 Å². The van der Waals surface area contributed by atoms with E-state index >= 15 is 0 Å². The van der Waals surface area contributed by atoms with Gasteiger partial charge < -0.3 is 9.84 Å². The van der Waals surface area contributed by atoms with Crippen molar-refractivity contribution >= 4 is 15.9 Å². The van der Waals surface area contributed by atoms with Gasteiger partial charge in [-0.3, -0.25) is 4.68 Å². The van der Waals surface area contributed by atoms with Crippen molar-refractivity contribution in [2.45, 2.75) is 32.4 Å². The van der Waals surface area contributed by atoms with E-state index in [1.807, 2.05) is 28.9 Å². The minimum absolute atomic E-state index is 0.337. The molecule has 0 aliphatic carbocycles. The van der Waals surface area contributed by atoms with Crippen LogP contribution in [0.3, 0.4) is 0 Å². The van der Waals surface area contributed by atoms with Crippen LogP contribution in [0.15, 0.2) is 34.9 Å². The fourth-order valence-corrected chi connectivity index (χ4v) is 2.96. The lowest BCUT2D eigenvalue weighted by atomic mass is 10.1. The highest BCUT2D eigenvalue weighted by atomic mass is 79.9. The molecule has 1 atom stereocenters. The Hall–Kier alpha value is -1.33. The summed E-state index contributed by atoms with van der Waals surface area (Å²) in [5, 5.41) is 14.7. The molecule has 0 spiro atoms. The van der Waals surface area contributed by atoms with Crippen LogP contribution in [0, 0.1) is 0 Å². The van der Waals surface area contributed by atoms with Gasteiger partial charge in [-0.25, -0.2) is 0 Å². The number of aromatic nitrogens is 2. The van der Waals surface area contributed by atoms with E-state index in [1.54, 1.807) is 13.3 Å². The first-order valence-corrected chi connectivity index (χ1v) is 7.35. The van der Waals surface area contributed by atoms with Gasteiger partial charge in [0.05, 0.1) is 36.1 Å². The number of halogens is 1. The minimum atomic E-state index is -0.616. The van der Waals surface area contributed by atoms with Crippen molar-refractivity contribution in [3.63, 3.8) is 0 Å². The Morgan fingerprint density at radius 2 is 2.15 bits per heavy atom. The van der Waals surface area contributed by atoms with Gasteiger partial charge in [-0.05, 0) is 39.5 Å². The quantitative estimate of drug-likeness (QED) is 0.907. The van der Waals surface area contributed by atoms with E-state index in [0.29, 0.717) is 12.5 Å². The van der Waals surface area contributed by atoms with Crippen molar-refractivity contribution in [1.29, 1.82) is 0 Å². The van der Waals surface area contributed by atoms with E-state index in [0.717, 1.165) is 21.5 Å². The Labute approximate surface area is 127 Å². The molecule has 1 aromatic carbocycles. The van der Waals surface area contributed by atoms with Crippen LogP contribution in [0.1, 0.15) is 37.1 Å². The molecule has 0 saturated heterocycles. The average Bonchev–Trinajstić information content (AvgIpc) is 2.79. The zero-order chi connectivity index (χ0) is 14.7. The highest BCUT2D eigenvalue weighted by Gasteiger charge is 2.16. The number of nitrogens with zero attached hydrogens (tertiary/aromatic N) is 2. The standard InChI is InChI=1S/C15H19BrN2O2/c1-10(2)15-13(16)8-17-18(15)9-14(19)11-5-4-6-12(7-11)20-3/h4-8,10,14,19H,9H2,1-3H3. The number of hydrogen-bond donors (Lipinski definition) is 1. The molecule has 1 unspecified atom stereocenters. The molecule has 20 heavy (non-hydrogen) atoms.